The minimum absolute atomic E-state index is 0.0310. The molecule has 0 amide bonds. The first-order chi connectivity index (χ1) is 9.56. The van der Waals surface area contributed by atoms with Gasteiger partial charge in [-0.25, -0.2) is 0 Å². The molecule has 1 saturated carbocycles. The van der Waals surface area contributed by atoms with E-state index in [2.05, 4.69) is 38.1 Å². The van der Waals surface area contributed by atoms with Gasteiger partial charge in [-0.1, -0.05) is 44.5 Å². The Kier molecular flexibility index (Phi) is 3.57. The van der Waals surface area contributed by atoms with Crippen molar-refractivity contribution in [1.82, 2.24) is 0 Å². The van der Waals surface area contributed by atoms with Crippen molar-refractivity contribution in [3.63, 3.8) is 0 Å². The summed E-state index contributed by atoms with van der Waals surface area (Å²) in [5, 5.41) is 0. The largest absolute Gasteiger partial charge is 0.465 e. The van der Waals surface area contributed by atoms with Gasteiger partial charge in [0.15, 0.2) is 0 Å². The number of benzene rings is 1. The summed E-state index contributed by atoms with van der Waals surface area (Å²) in [5.74, 6) is 0.607. The van der Waals surface area contributed by atoms with Gasteiger partial charge in [0.25, 0.3) is 0 Å². The fraction of sp³-hybridized carbons (Fsp3) is 0.611. The second kappa shape index (κ2) is 5.23. The molecule has 2 aliphatic carbocycles. The number of carbonyl (C=O) groups is 1. The first-order valence-corrected chi connectivity index (χ1v) is 7.80. The third kappa shape index (κ3) is 2.61. The van der Waals surface area contributed by atoms with E-state index in [1.807, 2.05) is 0 Å². The Labute approximate surface area is 121 Å². The molecule has 3 rings (SSSR count). The second-order valence-corrected chi connectivity index (χ2v) is 7.11. The Hall–Kier alpha value is -1.31. The van der Waals surface area contributed by atoms with Crippen LogP contribution in [0.5, 0.6) is 0 Å². The van der Waals surface area contributed by atoms with Crippen LogP contribution in [0, 0.1) is 17.3 Å². The highest BCUT2D eigenvalue weighted by Gasteiger charge is 2.40. The van der Waals surface area contributed by atoms with E-state index in [-0.39, 0.29) is 17.3 Å². The van der Waals surface area contributed by atoms with Crippen LogP contribution in [0.1, 0.15) is 44.2 Å². The molecule has 2 nitrogen and oxygen atoms in total. The van der Waals surface area contributed by atoms with E-state index in [1.165, 1.54) is 11.1 Å². The number of esters is 1. The van der Waals surface area contributed by atoms with Crippen LogP contribution < -0.4 is 0 Å². The summed E-state index contributed by atoms with van der Waals surface area (Å²) in [6.07, 6.45) is 5.40. The molecule has 0 heterocycles. The summed E-state index contributed by atoms with van der Waals surface area (Å²) in [5.41, 5.74) is 2.97. The van der Waals surface area contributed by atoms with Crippen molar-refractivity contribution in [2.45, 2.75) is 46.0 Å². The normalized spacial score (nSPS) is 24.6. The summed E-state index contributed by atoms with van der Waals surface area (Å²) in [7, 11) is 0. The lowest BCUT2D eigenvalue weighted by atomic mass is 9.82. The lowest BCUT2D eigenvalue weighted by Crippen LogP contribution is -2.29. The van der Waals surface area contributed by atoms with Crippen LogP contribution in [0.2, 0.25) is 0 Å². The molecule has 1 atom stereocenters. The maximum atomic E-state index is 12.3. The second-order valence-electron chi connectivity index (χ2n) is 7.11. The minimum Gasteiger partial charge on any atom is -0.465 e. The molecular formula is C18H24O2. The van der Waals surface area contributed by atoms with Gasteiger partial charge in [-0.05, 0) is 42.2 Å². The van der Waals surface area contributed by atoms with Gasteiger partial charge in [-0.15, -0.1) is 0 Å². The van der Waals surface area contributed by atoms with E-state index < -0.39 is 0 Å². The maximum Gasteiger partial charge on any atom is 0.309 e. The van der Waals surface area contributed by atoms with Crippen molar-refractivity contribution < 1.29 is 9.53 Å². The standard InChI is InChI=1S/C18H24O2/c1-18(2)9-5-8-16(18)17(19)20-12-13-10-14-6-3-4-7-15(14)11-13/h3-4,6-7,13,16H,5,8-12H2,1-2H3. The van der Waals surface area contributed by atoms with Crippen molar-refractivity contribution in [2.75, 3.05) is 6.61 Å². The quantitative estimate of drug-likeness (QED) is 0.783. The zero-order valence-corrected chi connectivity index (χ0v) is 12.5. The predicted molar refractivity (Wildman–Crippen MR) is 79.4 cm³/mol. The molecule has 0 radical (unpaired) electrons. The number of rotatable bonds is 3. The molecule has 108 valence electrons. The van der Waals surface area contributed by atoms with Crippen molar-refractivity contribution >= 4 is 5.97 Å². The molecule has 0 spiro atoms. The Morgan fingerprint density at radius 2 is 1.90 bits per heavy atom. The SMILES string of the molecule is CC1(C)CCCC1C(=O)OCC1Cc2ccccc2C1. The summed E-state index contributed by atoms with van der Waals surface area (Å²) in [4.78, 5) is 12.3. The first kappa shape index (κ1) is 13.7. The van der Waals surface area contributed by atoms with Crippen LogP contribution >= 0.6 is 0 Å². The van der Waals surface area contributed by atoms with Gasteiger partial charge in [0, 0.05) is 5.92 Å². The lowest BCUT2D eigenvalue weighted by Gasteiger charge is -2.25. The van der Waals surface area contributed by atoms with E-state index in [4.69, 9.17) is 4.74 Å². The molecule has 0 aliphatic heterocycles. The Balaban J connectivity index is 1.53. The number of hydrogen-bond donors (Lipinski definition) is 0. The fourth-order valence-electron chi connectivity index (χ4n) is 3.83. The molecule has 20 heavy (non-hydrogen) atoms. The molecular weight excluding hydrogens is 248 g/mol. The predicted octanol–water partition coefficient (Wildman–Crippen LogP) is 3.77. The topological polar surface area (TPSA) is 26.3 Å². The third-order valence-electron chi connectivity index (χ3n) is 5.14. The third-order valence-corrected chi connectivity index (χ3v) is 5.14. The molecule has 0 N–H and O–H groups in total. The smallest absolute Gasteiger partial charge is 0.309 e. The summed E-state index contributed by atoms with van der Waals surface area (Å²) in [6, 6.07) is 8.57. The van der Waals surface area contributed by atoms with Gasteiger partial charge in [0.05, 0.1) is 12.5 Å². The number of ether oxygens (including phenoxy) is 1. The highest BCUT2D eigenvalue weighted by molar-refractivity contribution is 5.73. The Morgan fingerprint density at radius 3 is 2.45 bits per heavy atom. The Bertz CT molecular complexity index is 479. The van der Waals surface area contributed by atoms with E-state index in [9.17, 15) is 4.79 Å². The molecule has 2 heteroatoms. The van der Waals surface area contributed by atoms with Crippen LogP contribution in [0.4, 0.5) is 0 Å². The lowest BCUT2D eigenvalue weighted by molar-refractivity contribution is -0.153. The molecule has 1 aromatic carbocycles. The Morgan fingerprint density at radius 1 is 1.25 bits per heavy atom. The van der Waals surface area contributed by atoms with Crippen LogP contribution in [-0.2, 0) is 22.4 Å². The van der Waals surface area contributed by atoms with Gasteiger partial charge in [-0.3, -0.25) is 4.79 Å². The molecule has 2 aliphatic rings. The maximum absolute atomic E-state index is 12.3. The number of fused-ring (bicyclic) bond motifs is 1. The van der Waals surface area contributed by atoms with E-state index in [0.717, 1.165) is 32.1 Å². The number of hydrogen-bond acceptors (Lipinski definition) is 2. The summed E-state index contributed by atoms with van der Waals surface area (Å²) < 4.78 is 5.64. The monoisotopic (exact) mass is 272 g/mol. The van der Waals surface area contributed by atoms with Crippen LogP contribution in [0.15, 0.2) is 24.3 Å². The minimum atomic E-state index is 0.0310. The van der Waals surface area contributed by atoms with E-state index in [1.54, 1.807) is 0 Å². The molecule has 1 aromatic rings. The fourth-order valence-corrected chi connectivity index (χ4v) is 3.83. The van der Waals surface area contributed by atoms with Gasteiger partial charge >= 0.3 is 5.97 Å². The average molecular weight is 272 g/mol. The average Bonchev–Trinajstić information content (AvgIpc) is 2.98. The zero-order valence-electron chi connectivity index (χ0n) is 12.5. The van der Waals surface area contributed by atoms with E-state index >= 15 is 0 Å². The summed E-state index contributed by atoms with van der Waals surface area (Å²) >= 11 is 0. The van der Waals surface area contributed by atoms with E-state index in [0.29, 0.717) is 12.5 Å². The molecule has 0 saturated heterocycles. The molecule has 1 fully saturated rings. The van der Waals surface area contributed by atoms with Crippen LogP contribution in [-0.4, -0.2) is 12.6 Å². The van der Waals surface area contributed by atoms with Gasteiger partial charge in [0.2, 0.25) is 0 Å². The molecule has 0 bridgehead atoms. The van der Waals surface area contributed by atoms with Crippen LogP contribution in [0.25, 0.3) is 0 Å². The van der Waals surface area contributed by atoms with Crippen molar-refractivity contribution in [1.29, 1.82) is 0 Å². The van der Waals surface area contributed by atoms with Gasteiger partial charge in [0.1, 0.15) is 0 Å². The van der Waals surface area contributed by atoms with Crippen molar-refractivity contribution in [3.05, 3.63) is 35.4 Å². The summed E-state index contributed by atoms with van der Waals surface area (Å²) in [6.45, 7) is 4.97. The highest BCUT2D eigenvalue weighted by atomic mass is 16.5. The van der Waals surface area contributed by atoms with Gasteiger partial charge < -0.3 is 4.74 Å². The molecule has 0 aromatic heterocycles. The first-order valence-electron chi connectivity index (χ1n) is 7.80. The van der Waals surface area contributed by atoms with Crippen molar-refractivity contribution in [3.8, 4) is 0 Å². The van der Waals surface area contributed by atoms with Crippen LogP contribution in [0.3, 0.4) is 0 Å². The number of carbonyl (C=O) groups excluding carboxylic acids is 1. The highest BCUT2D eigenvalue weighted by Crippen LogP contribution is 2.43. The van der Waals surface area contributed by atoms with Gasteiger partial charge in [-0.2, -0.15) is 0 Å². The zero-order chi connectivity index (χ0) is 14.2. The van der Waals surface area contributed by atoms with Crippen molar-refractivity contribution in [2.24, 2.45) is 17.3 Å². The molecule has 1 unspecified atom stereocenters.